The van der Waals surface area contributed by atoms with Crippen molar-refractivity contribution >= 4 is 5.91 Å². The van der Waals surface area contributed by atoms with E-state index in [2.05, 4.69) is 17.5 Å². The summed E-state index contributed by atoms with van der Waals surface area (Å²) in [6.07, 6.45) is 7.38. The normalized spacial score (nSPS) is 15.9. The van der Waals surface area contributed by atoms with E-state index in [1.807, 2.05) is 0 Å². The molecule has 3 N–H and O–H groups in total. The number of hydrogen-bond donors (Lipinski definition) is 3. The van der Waals surface area contributed by atoms with E-state index in [1.54, 1.807) is 32.4 Å². The molecule has 6 nitrogen and oxygen atoms in total. The van der Waals surface area contributed by atoms with Crippen LogP contribution in [0.3, 0.4) is 0 Å². The van der Waals surface area contributed by atoms with Crippen LogP contribution in [0.2, 0.25) is 0 Å². The lowest BCUT2D eigenvalue weighted by atomic mass is 9.87. The summed E-state index contributed by atoms with van der Waals surface area (Å²) < 4.78 is 11.2. The Balaban J connectivity index is 1.89. The Labute approximate surface area is 164 Å². The zero-order valence-corrected chi connectivity index (χ0v) is 16.1. The zero-order chi connectivity index (χ0) is 20.1. The molecule has 28 heavy (non-hydrogen) atoms. The molecule has 2 aromatic rings. The van der Waals surface area contributed by atoms with Crippen molar-refractivity contribution in [3.63, 3.8) is 0 Å². The molecule has 6 heteroatoms. The Bertz CT molecular complexity index is 891. The van der Waals surface area contributed by atoms with E-state index in [0.29, 0.717) is 22.6 Å². The van der Waals surface area contributed by atoms with Crippen LogP contribution in [0, 0.1) is 0 Å². The van der Waals surface area contributed by atoms with E-state index in [-0.39, 0.29) is 29.9 Å². The maximum atomic E-state index is 12.8. The summed E-state index contributed by atoms with van der Waals surface area (Å²) in [5, 5.41) is 22.1. The molecule has 0 spiro atoms. The lowest BCUT2D eigenvalue weighted by molar-refractivity contribution is 0.0947. The Morgan fingerprint density at radius 2 is 2.00 bits per heavy atom. The van der Waals surface area contributed by atoms with Crippen molar-refractivity contribution in [3.8, 4) is 23.0 Å². The van der Waals surface area contributed by atoms with Crippen LogP contribution in [0.5, 0.6) is 23.0 Å². The highest BCUT2D eigenvalue weighted by Crippen LogP contribution is 2.42. The summed E-state index contributed by atoms with van der Waals surface area (Å²) in [7, 11) is 3.16. The number of phenolic OH excluding ortho intramolecular Hbond substituents is 2. The number of nitrogens with one attached hydrogen (secondary N) is 1. The van der Waals surface area contributed by atoms with Gasteiger partial charge in [0.2, 0.25) is 0 Å². The maximum absolute atomic E-state index is 12.8. The van der Waals surface area contributed by atoms with Crippen molar-refractivity contribution in [2.24, 2.45) is 0 Å². The highest BCUT2D eigenvalue weighted by atomic mass is 16.5. The average Bonchev–Trinajstić information content (AvgIpc) is 2.72. The molecule has 0 heterocycles. The van der Waals surface area contributed by atoms with Gasteiger partial charge in [-0.1, -0.05) is 12.2 Å². The Hall–Kier alpha value is -3.15. The molecule has 0 bridgehead atoms. The summed E-state index contributed by atoms with van der Waals surface area (Å²) in [5.41, 5.74) is 1.80. The molecule has 0 saturated carbocycles. The number of methoxy groups -OCH3 is 2. The van der Waals surface area contributed by atoms with Gasteiger partial charge in [0.05, 0.1) is 19.8 Å². The van der Waals surface area contributed by atoms with Crippen LogP contribution < -0.4 is 14.8 Å². The molecule has 1 aliphatic rings. The Morgan fingerprint density at radius 1 is 1.18 bits per heavy atom. The van der Waals surface area contributed by atoms with Gasteiger partial charge in [0.25, 0.3) is 5.91 Å². The van der Waals surface area contributed by atoms with E-state index < -0.39 is 0 Å². The topological polar surface area (TPSA) is 88.0 Å². The second-order valence-corrected chi connectivity index (χ2v) is 6.72. The van der Waals surface area contributed by atoms with Crippen molar-refractivity contribution in [2.45, 2.75) is 31.7 Å². The second-order valence-electron chi connectivity index (χ2n) is 6.72. The van der Waals surface area contributed by atoms with Gasteiger partial charge in [-0.15, -0.1) is 0 Å². The first-order valence-electron chi connectivity index (χ1n) is 9.25. The van der Waals surface area contributed by atoms with Crippen LogP contribution in [0.25, 0.3) is 0 Å². The number of amides is 1. The maximum Gasteiger partial charge on any atom is 0.255 e. The lowest BCUT2D eigenvalue weighted by Crippen LogP contribution is -2.24. The van der Waals surface area contributed by atoms with Crippen LogP contribution in [-0.2, 0) is 6.54 Å². The summed E-state index contributed by atoms with van der Waals surface area (Å²) in [5.74, 6) is 0.912. The smallest absolute Gasteiger partial charge is 0.255 e. The summed E-state index contributed by atoms with van der Waals surface area (Å²) >= 11 is 0. The van der Waals surface area contributed by atoms with Crippen LogP contribution >= 0.6 is 0 Å². The predicted molar refractivity (Wildman–Crippen MR) is 106 cm³/mol. The quantitative estimate of drug-likeness (QED) is 0.659. The first-order chi connectivity index (χ1) is 13.5. The lowest BCUT2D eigenvalue weighted by Gasteiger charge is -2.23. The van der Waals surface area contributed by atoms with Crippen LogP contribution in [0.4, 0.5) is 0 Å². The Kier molecular flexibility index (Phi) is 6.09. The molecule has 0 radical (unpaired) electrons. The third kappa shape index (κ3) is 4.06. The van der Waals surface area contributed by atoms with Gasteiger partial charge in [-0.05, 0) is 43.5 Å². The van der Waals surface area contributed by atoms with Gasteiger partial charge in [0, 0.05) is 29.7 Å². The number of rotatable bonds is 6. The number of aromatic hydroxyl groups is 2. The first kappa shape index (κ1) is 19.6. The van der Waals surface area contributed by atoms with Crippen molar-refractivity contribution in [1.82, 2.24) is 5.32 Å². The zero-order valence-electron chi connectivity index (χ0n) is 16.1. The number of carbonyl (C=O) groups is 1. The minimum atomic E-state index is -0.312. The van der Waals surface area contributed by atoms with Crippen molar-refractivity contribution < 1.29 is 24.5 Å². The van der Waals surface area contributed by atoms with Crippen LogP contribution in [0.1, 0.15) is 46.7 Å². The third-order valence-corrected chi connectivity index (χ3v) is 4.96. The van der Waals surface area contributed by atoms with Gasteiger partial charge < -0.3 is 25.0 Å². The minimum Gasteiger partial charge on any atom is -0.508 e. The van der Waals surface area contributed by atoms with Gasteiger partial charge in [-0.3, -0.25) is 4.79 Å². The average molecular weight is 383 g/mol. The Morgan fingerprint density at radius 3 is 2.64 bits per heavy atom. The van der Waals surface area contributed by atoms with Gasteiger partial charge in [0.1, 0.15) is 23.0 Å². The summed E-state index contributed by atoms with van der Waals surface area (Å²) in [6.45, 7) is 0.124. The molecule has 0 aromatic heterocycles. The molecule has 3 rings (SSSR count). The fraction of sp³-hybridized carbons (Fsp3) is 0.318. The van der Waals surface area contributed by atoms with Gasteiger partial charge in [-0.25, -0.2) is 0 Å². The van der Waals surface area contributed by atoms with E-state index in [0.717, 1.165) is 24.8 Å². The molecule has 0 saturated heterocycles. The monoisotopic (exact) mass is 383 g/mol. The first-order valence-corrected chi connectivity index (χ1v) is 9.25. The molecule has 1 aliphatic carbocycles. The molecular weight excluding hydrogens is 358 g/mol. The van der Waals surface area contributed by atoms with E-state index >= 15 is 0 Å². The number of carbonyl (C=O) groups excluding carboxylic acids is 1. The fourth-order valence-electron chi connectivity index (χ4n) is 3.53. The highest BCUT2D eigenvalue weighted by Gasteiger charge is 2.25. The molecule has 1 amide bonds. The molecular formula is C22H25NO5. The minimum absolute atomic E-state index is 0.0328. The molecule has 2 aromatic carbocycles. The largest absolute Gasteiger partial charge is 0.508 e. The number of allylic oxidation sites excluding steroid dienone is 2. The number of hydrogen-bond acceptors (Lipinski definition) is 5. The van der Waals surface area contributed by atoms with E-state index in [1.165, 1.54) is 12.1 Å². The number of benzene rings is 2. The van der Waals surface area contributed by atoms with Crippen molar-refractivity contribution in [3.05, 3.63) is 59.2 Å². The molecule has 1 unspecified atom stereocenters. The second kappa shape index (κ2) is 8.69. The fourth-order valence-corrected chi connectivity index (χ4v) is 3.53. The summed E-state index contributed by atoms with van der Waals surface area (Å²) in [4.78, 5) is 12.8. The van der Waals surface area contributed by atoms with Gasteiger partial charge in [0.15, 0.2) is 0 Å². The van der Waals surface area contributed by atoms with Crippen molar-refractivity contribution in [1.29, 1.82) is 0 Å². The molecule has 1 atom stereocenters. The van der Waals surface area contributed by atoms with Crippen LogP contribution in [0.15, 0.2) is 42.5 Å². The molecule has 0 aliphatic heterocycles. The number of phenols is 2. The van der Waals surface area contributed by atoms with Gasteiger partial charge in [-0.2, -0.15) is 0 Å². The highest BCUT2D eigenvalue weighted by molar-refractivity contribution is 5.98. The molecule has 148 valence electrons. The van der Waals surface area contributed by atoms with Crippen LogP contribution in [-0.4, -0.2) is 30.3 Å². The number of ether oxygens (including phenoxy) is 2. The van der Waals surface area contributed by atoms with E-state index in [9.17, 15) is 15.0 Å². The molecule has 0 fully saturated rings. The summed E-state index contributed by atoms with van der Waals surface area (Å²) in [6, 6.07) is 7.73. The standard InChI is InChI=1S/C22H25NO5/c1-27-19-11-10-17(21(28-2)20(19)14-6-4-3-5-7-14)22(26)23-13-15-8-9-16(24)12-18(15)25/h4,6,8-12,14,24-25H,3,5,7,13H2,1-2H3,(H,23,26). The SMILES string of the molecule is COc1ccc(C(=O)NCc2ccc(O)cc2O)c(OC)c1C1C=CCCC1. The van der Waals surface area contributed by atoms with Gasteiger partial charge >= 0.3 is 0 Å². The van der Waals surface area contributed by atoms with Crippen molar-refractivity contribution in [2.75, 3.05) is 14.2 Å². The third-order valence-electron chi connectivity index (χ3n) is 4.96. The van der Waals surface area contributed by atoms with E-state index in [4.69, 9.17) is 9.47 Å². The predicted octanol–water partition coefficient (Wildman–Crippen LogP) is 3.87.